The summed E-state index contributed by atoms with van der Waals surface area (Å²) in [5.74, 6) is 1.35. The molecule has 152 valence electrons. The molecule has 2 aromatic heterocycles. The summed E-state index contributed by atoms with van der Waals surface area (Å²) in [4.78, 5) is 14.7. The summed E-state index contributed by atoms with van der Waals surface area (Å²) in [6.45, 7) is 2.91. The van der Waals surface area contributed by atoms with E-state index in [0.717, 1.165) is 22.5 Å². The number of benzene rings is 2. The quantitative estimate of drug-likeness (QED) is 0.376. The molecule has 6 nitrogen and oxygen atoms in total. The fourth-order valence-electron chi connectivity index (χ4n) is 3.00. The van der Waals surface area contributed by atoms with Gasteiger partial charge in [0.2, 0.25) is 11.8 Å². The van der Waals surface area contributed by atoms with Crippen LogP contribution in [0, 0.1) is 6.92 Å². The highest BCUT2D eigenvalue weighted by atomic mass is 32.2. The zero-order chi connectivity index (χ0) is 20.8. The van der Waals surface area contributed by atoms with E-state index in [9.17, 15) is 4.79 Å². The van der Waals surface area contributed by atoms with Crippen molar-refractivity contribution in [2.24, 2.45) is 0 Å². The van der Waals surface area contributed by atoms with Crippen molar-refractivity contribution in [3.8, 4) is 11.5 Å². The van der Waals surface area contributed by atoms with Crippen molar-refractivity contribution < 1.29 is 13.6 Å². The van der Waals surface area contributed by atoms with E-state index in [1.165, 1.54) is 11.8 Å². The molecule has 2 heterocycles. The van der Waals surface area contributed by atoms with Crippen molar-refractivity contribution in [1.29, 1.82) is 0 Å². The Morgan fingerprint density at radius 1 is 1.00 bits per heavy atom. The van der Waals surface area contributed by atoms with Crippen LogP contribution in [0.2, 0.25) is 0 Å². The van der Waals surface area contributed by atoms with Gasteiger partial charge in [0, 0.05) is 12.1 Å². The van der Waals surface area contributed by atoms with Gasteiger partial charge in [-0.15, -0.1) is 10.2 Å². The highest BCUT2D eigenvalue weighted by molar-refractivity contribution is 7.99. The molecule has 0 fully saturated rings. The van der Waals surface area contributed by atoms with Crippen LogP contribution in [0.3, 0.4) is 0 Å². The van der Waals surface area contributed by atoms with E-state index >= 15 is 0 Å². The van der Waals surface area contributed by atoms with Crippen LogP contribution in [0.25, 0.3) is 11.5 Å². The van der Waals surface area contributed by atoms with Gasteiger partial charge >= 0.3 is 0 Å². The molecule has 1 amide bonds. The van der Waals surface area contributed by atoms with Gasteiger partial charge in [0.1, 0.15) is 5.76 Å². The number of hydrogen-bond donors (Lipinski definition) is 0. The van der Waals surface area contributed by atoms with Crippen LogP contribution in [0.15, 0.2) is 87.1 Å². The number of nitrogens with zero attached hydrogens (tertiary/aromatic N) is 3. The van der Waals surface area contributed by atoms with Gasteiger partial charge in [-0.2, -0.15) is 0 Å². The second-order valence-electron chi connectivity index (χ2n) is 6.85. The molecular weight excluding hydrogens is 398 g/mol. The highest BCUT2D eigenvalue weighted by Gasteiger charge is 2.18. The number of furan rings is 1. The van der Waals surface area contributed by atoms with Crippen LogP contribution in [-0.4, -0.2) is 26.8 Å². The average molecular weight is 420 g/mol. The Morgan fingerprint density at radius 2 is 1.87 bits per heavy atom. The van der Waals surface area contributed by atoms with Crippen LogP contribution >= 0.6 is 11.8 Å². The second kappa shape index (κ2) is 9.45. The number of carbonyl (C=O) groups is 1. The van der Waals surface area contributed by atoms with E-state index in [2.05, 4.69) is 10.2 Å². The maximum atomic E-state index is 12.9. The number of aromatic nitrogens is 2. The lowest BCUT2D eigenvalue weighted by Gasteiger charge is -2.21. The first-order chi connectivity index (χ1) is 14.7. The van der Waals surface area contributed by atoms with E-state index in [-0.39, 0.29) is 11.7 Å². The van der Waals surface area contributed by atoms with E-state index < -0.39 is 0 Å². The lowest BCUT2D eigenvalue weighted by atomic mass is 10.1. The maximum absolute atomic E-state index is 12.9. The molecule has 4 aromatic rings. The Morgan fingerprint density at radius 3 is 2.63 bits per heavy atom. The molecule has 4 rings (SSSR count). The molecule has 0 bridgehead atoms. The summed E-state index contributed by atoms with van der Waals surface area (Å²) >= 11 is 1.24. The summed E-state index contributed by atoms with van der Waals surface area (Å²) < 4.78 is 11.2. The van der Waals surface area contributed by atoms with Gasteiger partial charge in [-0.3, -0.25) is 4.79 Å². The number of thioether (sulfide) groups is 1. The second-order valence-corrected chi connectivity index (χ2v) is 7.77. The Kier molecular flexibility index (Phi) is 6.29. The molecule has 0 spiro atoms. The normalized spacial score (nSPS) is 10.8. The van der Waals surface area contributed by atoms with Crippen LogP contribution in [-0.2, 0) is 17.9 Å². The number of aryl methyl sites for hydroxylation is 1. The molecule has 0 unspecified atom stereocenters. The van der Waals surface area contributed by atoms with Gasteiger partial charge in [0.05, 0.1) is 18.6 Å². The predicted molar refractivity (Wildman–Crippen MR) is 115 cm³/mol. The molecule has 0 aliphatic heterocycles. The number of carbonyl (C=O) groups excluding carboxylic acids is 1. The van der Waals surface area contributed by atoms with Crippen molar-refractivity contribution in [1.82, 2.24) is 15.1 Å². The predicted octanol–water partition coefficient (Wildman–Crippen LogP) is 4.96. The van der Waals surface area contributed by atoms with E-state index in [1.54, 1.807) is 11.2 Å². The maximum Gasteiger partial charge on any atom is 0.277 e. The zero-order valence-corrected chi connectivity index (χ0v) is 17.3. The van der Waals surface area contributed by atoms with Gasteiger partial charge in [0.15, 0.2) is 0 Å². The van der Waals surface area contributed by atoms with Crippen LogP contribution < -0.4 is 0 Å². The molecule has 7 heteroatoms. The molecule has 0 saturated heterocycles. The minimum atomic E-state index is -0.0319. The van der Waals surface area contributed by atoms with Crippen molar-refractivity contribution in [2.75, 3.05) is 5.75 Å². The van der Waals surface area contributed by atoms with Crippen LogP contribution in [0.5, 0.6) is 0 Å². The van der Waals surface area contributed by atoms with Crippen LogP contribution in [0.1, 0.15) is 16.9 Å². The summed E-state index contributed by atoms with van der Waals surface area (Å²) in [6, 6.07) is 21.4. The Hall–Kier alpha value is -3.32. The molecule has 0 atom stereocenters. The average Bonchev–Trinajstić information content (AvgIpc) is 3.44. The van der Waals surface area contributed by atoms with E-state index in [0.29, 0.717) is 24.2 Å². The van der Waals surface area contributed by atoms with E-state index in [1.807, 2.05) is 73.7 Å². The summed E-state index contributed by atoms with van der Waals surface area (Å²) in [5, 5.41) is 8.54. The fourth-order valence-corrected chi connectivity index (χ4v) is 3.67. The van der Waals surface area contributed by atoms with Crippen molar-refractivity contribution in [3.63, 3.8) is 0 Å². The van der Waals surface area contributed by atoms with Crippen molar-refractivity contribution >= 4 is 17.7 Å². The summed E-state index contributed by atoms with van der Waals surface area (Å²) in [7, 11) is 0. The number of rotatable bonds is 8. The molecule has 0 N–H and O–H groups in total. The minimum absolute atomic E-state index is 0.0319. The molecule has 0 aliphatic rings. The van der Waals surface area contributed by atoms with Gasteiger partial charge < -0.3 is 13.7 Å². The molecule has 30 heavy (non-hydrogen) atoms. The minimum Gasteiger partial charge on any atom is -0.467 e. The lowest BCUT2D eigenvalue weighted by molar-refractivity contribution is -0.129. The lowest BCUT2D eigenvalue weighted by Crippen LogP contribution is -2.31. The first kappa shape index (κ1) is 20.0. The smallest absolute Gasteiger partial charge is 0.277 e. The van der Waals surface area contributed by atoms with Gasteiger partial charge in [-0.1, -0.05) is 59.8 Å². The Balaban J connectivity index is 1.42. The topological polar surface area (TPSA) is 72.4 Å². The summed E-state index contributed by atoms with van der Waals surface area (Å²) in [5.41, 5.74) is 3.04. The van der Waals surface area contributed by atoms with E-state index in [4.69, 9.17) is 8.83 Å². The first-order valence-corrected chi connectivity index (χ1v) is 10.5. The third-order valence-corrected chi connectivity index (χ3v) is 5.29. The largest absolute Gasteiger partial charge is 0.467 e. The fraction of sp³-hybridized carbons (Fsp3) is 0.174. The van der Waals surface area contributed by atoms with Gasteiger partial charge in [0.25, 0.3) is 5.22 Å². The van der Waals surface area contributed by atoms with Crippen molar-refractivity contribution in [2.45, 2.75) is 25.2 Å². The summed E-state index contributed by atoms with van der Waals surface area (Å²) in [6.07, 6.45) is 1.61. The zero-order valence-electron chi connectivity index (χ0n) is 16.5. The van der Waals surface area contributed by atoms with Crippen LogP contribution in [0.4, 0.5) is 0 Å². The Bertz CT molecular complexity index is 1090. The monoisotopic (exact) mass is 419 g/mol. The van der Waals surface area contributed by atoms with Crippen molar-refractivity contribution in [3.05, 3.63) is 89.9 Å². The third-order valence-electron chi connectivity index (χ3n) is 4.49. The molecule has 2 aromatic carbocycles. The highest BCUT2D eigenvalue weighted by Crippen LogP contribution is 2.24. The standard InChI is InChI=1S/C23H21N3O3S/c1-17-7-5-10-19(13-17)22-24-25-23(29-22)30-16-21(27)26(15-20-11-6-12-28-20)14-18-8-3-2-4-9-18/h2-13H,14-16H2,1H3. The molecule has 0 saturated carbocycles. The Labute approximate surface area is 178 Å². The first-order valence-electron chi connectivity index (χ1n) is 9.55. The molecule has 0 aliphatic carbocycles. The third kappa shape index (κ3) is 5.18. The molecular formula is C23H21N3O3S. The molecule has 0 radical (unpaired) electrons. The SMILES string of the molecule is Cc1cccc(-c2nnc(SCC(=O)N(Cc3ccccc3)Cc3ccco3)o2)c1. The van der Waals surface area contributed by atoms with Gasteiger partial charge in [-0.05, 0) is 36.8 Å². The number of hydrogen-bond acceptors (Lipinski definition) is 6. The number of amides is 1. The van der Waals surface area contributed by atoms with Gasteiger partial charge in [-0.25, -0.2) is 0 Å².